The Labute approximate surface area is 71.7 Å². The summed E-state index contributed by atoms with van der Waals surface area (Å²) >= 11 is 7.30. The van der Waals surface area contributed by atoms with Crippen LogP contribution in [-0.4, -0.2) is 18.5 Å². The van der Waals surface area contributed by atoms with E-state index < -0.39 is 5.47 Å². The van der Waals surface area contributed by atoms with Crippen molar-refractivity contribution in [3.63, 3.8) is 0 Å². The van der Waals surface area contributed by atoms with Crippen molar-refractivity contribution in [1.29, 1.82) is 0 Å². The lowest BCUT2D eigenvalue weighted by molar-refractivity contribution is 0.354. The maximum absolute atomic E-state index is 5.59. The van der Waals surface area contributed by atoms with E-state index in [4.69, 9.17) is 16.3 Å². The molecule has 0 aromatic carbocycles. The SMILES string of the molecule is CCCP1(=S)OCCCS1. The molecular formula is C6H13OPS2. The molecule has 0 saturated carbocycles. The van der Waals surface area contributed by atoms with Crippen molar-refractivity contribution >= 4 is 28.7 Å². The van der Waals surface area contributed by atoms with Gasteiger partial charge >= 0.3 is 0 Å². The van der Waals surface area contributed by atoms with E-state index in [1.54, 1.807) is 0 Å². The molecule has 0 amide bonds. The van der Waals surface area contributed by atoms with Crippen LogP contribution in [0.2, 0.25) is 0 Å². The summed E-state index contributed by atoms with van der Waals surface area (Å²) < 4.78 is 5.59. The quantitative estimate of drug-likeness (QED) is 0.628. The molecule has 0 bridgehead atoms. The Kier molecular flexibility index (Phi) is 3.71. The van der Waals surface area contributed by atoms with Gasteiger partial charge in [-0.15, -0.1) is 0 Å². The molecule has 1 unspecified atom stereocenters. The van der Waals surface area contributed by atoms with Crippen molar-refractivity contribution in [2.75, 3.05) is 18.5 Å². The van der Waals surface area contributed by atoms with Crippen LogP contribution in [0.5, 0.6) is 0 Å². The van der Waals surface area contributed by atoms with Crippen LogP contribution in [0.1, 0.15) is 19.8 Å². The second kappa shape index (κ2) is 4.10. The summed E-state index contributed by atoms with van der Waals surface area (Å²) in [6, 6.07) is 0. The number of rotatable bonds is 2. The molecule has 0 radical (unpaired) electrons. The molecule has 60 valence electrons. The van der Waals surface area contributed by atoms with E-state index in [0.717, 1.165) is 12.8 Å². The lowest BCUT2D eigenvalue weighted by atomic mass is 10.5. The van der Waals surface area contributed by atoms with Crippen LogP contribution in [-0.2, 0) is 16.3 Å². The molecule has 0 aromatic rings. The van der Waals surface area contributed by atoms with Crippen LogP contribution in [0.25, 0.3) is 0 Å². The second-order valence-electron chi connectivity index (χ2n) is 2.35. The average Bonchev–Trinajstić information content (AvgIpc) is 1.89. The minimum absolute atomic E-state index is 0.907. The molecule has 1 rings (SSSR count). The highest BCUT2D eigenvalue weighted by Crippen LogP contribution is 2.62. The summed E-state index contributed by atoms with van der Waals surface area (Å²) in [4.78, 5) is 0. The van der Waals surface area contributed by atoms with Crippen LogP contribution >= 0.6 is 16.8 Å². The summed E-state index contributed by atoms with van der Waals surface area (Å²) in [5.41, 5.74) is -1.36. The van der Waals surface area contributed by atoms with Gasteiger partial charge in [0, 0.05) is 11.9 Å². The highest BCUT2D eigenvalue weighted by Gasteiger charge is 2.20. The van der Waals surface area contributed by atoms with E-state index in [-0.39, 0.29) is 0 Å². The van der Waals surface area contributed by atoms with Crippen LogP contribution in [0.4, 0.5) is 0 Å². The third-order valence-corrected chi connectivity index (χ3v) is 8.20. The molecule has 0 N–H and O–H groups in total. The molecule has 1 saturated heterocycles. The van der Waals surface area contributed by atoms with Gasteiger partial charge in [-0.1, -0.05) is 30.1 Å². The van der Waals surface area contributed by atoms with Gasteiger partial charge in [0.2, 0.25) is 0 Å². The topological polar surface area (TPSA) is 9.23 Å². The third-order valence-electron chi connectivity index (χ3n) is 1.36. The van der Waals surface area contributed by atoms with E-state index >= 15 is 0 Å². The lowest BCUT2D eigenvalue weighted by Gasteiger charge is -2.25. The predicted molar refractivity (Wildman–Crippen MR) is 52.5 cm³/mol. The first kappa shape index (κ1) is 9.05. The zero-order valence-electron chi connectivity index (χ0n) is 6.21. The van der Waals surface area contributed by atoms with E-state index in [1.165, 1.54) is 18.6 Å². The van der Waals surface area contributed by atoms with Crippen molar-refractivity contribution in [1.82, 2.24) is 0 Å². The van der Waals surface area contributed by atoms with E-state index in [0.29, 0.717) is 0 Å². The van der Waals surface area contributed by atoms with Gasteiger partial charge < -0.3 is 4.52 Å². The van der Waals surface area contributed by atoms with Crippen molar-refractivity contribution in [3.8, 4) is 0 Å². The van der Waals surface area contributed by atoms with Gasteiger partial charge in [-0.05, 0) is 12.8 Å². The molecule has 1 atom stereocenters. The fraction of sp³-hybridized carbons (Fsp3) is 1.00. The maximum atomic E-state index is 5.59. The van der Waals surface area contributed by atoms with Crippen molar-refractivity contribution < 1.29 is 4.52 Å². The van der Waals surface area contributed by atoms with Gasteiger partial charge in [0.1, 0.15) is 5.47 Å². The molecule has 1 aliphatic heterocycles. The minimum atomic E-state index is -1.36. The van der Waals surface area contributed by atoms with Crippen LogP contribution in [0, 0.1) is 0 Å². The summed E-state index contributed by atoms with van der Waals surface area (Å²) in [5, 5.41) is 0. The van der Waals surface area contributed by atoms with Gasteiger partial charge in [-0.25, -0.2) is 0 Å². The van der Waals surface area contributed by atoms with E-state index in [2.05, 4.69) is 6.92 Å². The Morgan fingerprint density at radius 3 is 3.00 bits per heavy atom. The molecule has 1 heterocycles. The lowest BCUT2D eigenvalue weighted by Crippen LogP contribution is -2.01. The molecular weight excluding hydrogens is 183 g/mol. The van der Waals surface area contributed by atoms with Gasteiger partial charge in [-0.2, -0.15) is 0 Å². The summed E-state index contributed by atoms with van der Waals surface area (Å²) in [5.74, 6) is 1.22. The Bertz CT molecular complexity index is 130. The Hall–Kier alpha value is 0.960. The normalized spacial score (nSPS) is 34.1. The van der Waals surface area contributed by atoms with Gasteiger partial charge in [-0.3, -0.25) is 0 Å². The van der Waals surface area contributed by atoms with E-state index in [1.807, 2.05) is 11.4 Å². The highest BCUT2D eigenvalue weighted by atomic mass is 32.9. The van der Waals surface area contributed by atoms with Crippen molar-refractivity contribution in [2.24, 2.45) is 0 Å². The predicted octanol–water partition coefficient (Wildman–Crippen LogP) is 2.86. The molecule has 0 aromatic heterocycles. The first-order valence-electron chi connectivity index (χ1n) is 3.65. The molecule has 1 aliphatic rings. The standard InChI is InChI=1S/C6H13OPS2/c1-2-5-8(9)7-4-3-6-10-8/h2-6H2,1H3. The molecule has 10 heavy (non-hydrogen) atoms. The Morgan fingerprint density at radius 1 is 1.70 bits per heavy atom. The van der Waals surface area contributed by atoms with Crippen molar-refractivity contribution in [2.45, 2.75) is 19.8 Å². The first-order valence-corrected chi connectivity index (χ1v) is 8.14. The van der Waals surface area contributed by atoms with Gasteiger partial charge in [0.15, 0.2) is 0 Å². The molecule has 4 heteroatoms. The second-order valence-corrected chi connectivity index (χ2v) is 9.96. The summed E-state index contributed by atoms with van der Waals surface area (Å²) in [6.07, 6.45) is 3.48. The monoisotopic (exact) mass is 196 g/mol. The Balaban J connectivity index is 2.41. The summed E-state index contributed by atoms with van der Waals surface area (Å²) in [7, 11) is 0. The van der Waals surface area contributed by atoms with Crippen LogP contribution in [0.15, 0.2) is 0 Å². The summed E-state index contributed by atoms with van der Waals surface area (Å²) in [6.45, 7) is 3.08. The first-order chi connectivity index (χ1) is 4.77. The number of hydrogen-bond acceptors (Lipinski definition) is 3. The molecule has 0 spiro atoms. The van der Waals surface area contributed by atoms with Gasteiger partial charge in [0.05, 0.1) is 6.61 Å². The zero-order valence-corrected chi connectivity index (χ0v) is 8.73. The third kappa shape index (κ3) is 2.54. The fourth-order valence-corrected chi connectivity index (χ4v) is 6.77. The largest absolute Gasteiger partial charge is 0.341 e. The molecule has 1 nitrogen and oxygen atoms in total. The van der Waals surface area contributed by atoms with Crippen LogP contribution < -0.4 is 0 Å². The zero-order chi connectivity index (χ0) is 7.45. The van der Waals surface area contributed by atoms with Gasteiger partial charge in [0.25, 0.3) is 0 Å². The maximum Gasteiger partial charge on any atom is 0.119 e. The smallest absolute Gasteiger partial charge is 0.119 e. The number of hydrogen-bond donors (Lipinski definition) is 0. The molecule has 1 fully saturated rings. The Morgan fingerprint density at radius 2 is 2.50 bits per heavy atom. The minimum Gasteiger partial charge on any atom is -0.341 e. The van der Waals surface area contributed by atoms with Crippen molar-refractivity contribution in [3.05, 3.63) is 0 Å². The van der Waals surface area contributed by atoms with Crippen LogP contribution in [0.3, 0.4) is 0 Å². The highest BCUT2D eigenvalue weighted by molar-refractivity contribution is 8.69. The molecule has 0 aliphatic carbocycles. The average molecular weight is 196 g/mol. The van der Waals surface area contributed by atoms with E-state index in [9.17, 15) is 0 Å². The fourth-order valence-electron chi connectivity index (χ4n) is 0.906.